The Morgan fingerprint density at radius 2 is 1.90 bits per heavy atom. The molecule has 1 heterocycles. The fourth-order valence-corrected chi connectivity index (χ4v) is 1.69. The number of anilines is 2. The lowest BCUT2D eigenvalue weighted by Gasteiger charge is -2.11. The van der Waals surface area contributed by atoms with Crippen molar-refractivity contribution in [3.63, 3.8) is 0 Å². The largest absolute Gasteiger partial charge is 0.493 e. The van der Waals surface area contributed by atoms with Crippen molar-refractivity contribution in [2.75, 3.05) is 19.5 Å². The number of hydrogen-bond acceptors (Lipinski definition) is 5. The van der Waals surface area contributed by atoms with Crippen molar-refractivity contribution < 1.29 is 19.4 Å². The number of pyridine rings is 1. The number of carboxylic acids is 1. The molecule has 2 aromatic rings. The van der Waals surface area contributed by atoms with Gasteiger partial charge in [0.05, 0.1) is 14.2 Å². The second-order valence-electron chi connectivity index (χ2n) is 3.91. The van der Waals surface area contributed by atoms with Gasteiger partial charge in [0.25, 0.3) is 0 Å². The van der Waals surface area contributed by atoms with Gasteiger partial charge < -0.3 is 19.9 Å². The molecule has 2 N–H and O–H groups in total. The maximum Gasteiger partial charge on any atom is 0.354 e. The Hall–Kier alpha value is -2.76. The molecule has 0 fully saturated rings. The Kier molecular flexibility index (Phi) is 4.05. The minimum Gasteiger partial charge on any atom is -0.493 e. The third-order valence-electron chi connectivity index (χ3n) is 2.62. The first-order chi connectivity index (χ1) is 9.63. The summed E-state index contributed by atoms with van der Waals surface area (Å²) >= 11 is 0. The maximum atomic E-state index is 10.9. The summed E-state index contributed by atoms with van der Waals surface area (Å²) < 4.78 is 10.3. The normalized spacial score (nSPS) is 9.90. The molecule has 1 aromatic carbocycles. The van der Waals surface area contributed by atoms with E-state index in [1.165, 1.54) is 6.07 Å². The first-order valence-electron chi connectivity index (χ1n) is 5.83. The molecule has 20 heavy (non-hydrogen) atoms. The molecule has 0 unspecified atom stereocenters. The lowest BCUT2D eigenvalue weighted by Crippen LogP contribution is -2.02. The molecule has 6 nitrogen and oxygen atoms in total. The third-order valence-corrected chi connectivity index (χ3v) is 2.62. The van der Waals surface area contributed by atoms with Gasteiger partial charge in [0, 0.05) is 11.8 Å². The van der Waals surface area contributed by atoms with Crippen molar-refractivity contribution in [2.24, 2.45) is 0 Å². The fourth-order valence-electron chi connectivity index (χ4n) is 1.69. The van der Waals surface area contributed by atoms with Gasteiger partial charge in [-0.2, -0.15) is 0 Å². The highest BCUT2D eigenvalue weighted by Gasteiger charge is 2.07. The van der Waals surface area contributed by atoms with Crippen LogP contribution in [0, 0.1) is 0 Å². The van der Waals surface area contributed by atoms with E-state index in [1.54, 1.807) is 44.6 Å². The highest BCUT2D eigenvalue weighted by Crippen LogP contribution is 2.30. The number of carbonyl (C=O) groups is 1. The van der Waals surface area contributed by atoms with Gasteiger partial charge in [-0.05, 0) is 24.3 Å². The summed E-state index contributed by atoms with van der Waals surface area (Å²) in [7, 11) is 3.10. The van der Waals surface area contributed by atoms with Gasteiger partial charge in [0.2, 0.25) is 0 Å². The zero-order valence-corrected chi connectivity index (χ0v) is 11.1. The van der Waals surface area contributed by atoms with E-state index >= 15 is 0 Å². The molecular formula is C14H14N2O4. The lowest BCUT2D eigenvalue weighted by atomic mass is 10.2. The Balaban J connectivity index is 2.25. The molecule has 0 aliphatic rings. The Labute approximate surface area is 116 Å². The van der Waals surface area contributed by atoms with E-state index in [2.05, 4.69) is 10.3 Å². The molecule has 0 atom stereocenters. The number of methoxy groups -OCH3 is 2. The Morgan fingerprint density at radius 1 is 1.15 bits per heavy atom. The van der Waals surface area contributed by atoms with Gasteiger partial charge in [0.15, 0.2) is 17.2 Å². The summed E-state index contributed by atoms with van der Waals surface area (Å²) in [5.74, 6) is 0.565. The van der Waals surface area contributed by atoms with Crippen LogP contribution in [0.4, 0.5) is 11.5 Å². The summed E-state index contributed by atoms with van der Waals surface area (Å²) in [5, 5.41) is 11.9. The summed E-state index contributed by atoms with van der Waals surface area (Å²) in [6, 6.07) is 10.0. The van der Waals surface area contributed by atoms with Gasteiger partial charge in [-0.1, -0.05) is 6.07 Å². The van der Waals surface area contributed by atoms with E-state index in [-0.39, 0.29) is 5.69 Å². The van der Waals surface area contributed by atoms with Crippen LogP contribution in [0.1, 0.15) is 10.5 Å². The molecule has 1 aromatic heterocycles. The quantitative estimate of drug-likeness (QED) is 0.872. The predicted octanol–water partition coefficient (Wildman–Crippen LogP) is 2.54. The molecule has 0 spiro atoms. The smallest absolute Gasteiger partial charge is 0.354 e. The van der Waals surface area contributed by atoms with Crippen molar-refractivity contribution in [2.45, 2.75) is 0 Å². The number of rotatable bonds is 5. The molecule has 0 saturated carbocycles. The monoisotopic (exact) mass is 274 g/mol. The summed E-state index contributed by atoms with van der Waals surface area (Å²) in [6.07, 6.45) is 0. The zero-order chi connectivity index (χ0) is 14.5. The van der Waals surface area contributed by atoms with Crippen molar-refractivity contribution in [3.8, 4) is 11.5 Å². The zero-order valence-electron chi connectivity index (χ0n) is 11.1. The van der Waals surface area contributed by atoms with Crippen LogP contribution in [-0.2, 0) is 0 Å². The number of hydrogen-bond donors (Lipinski definition) is 2. The number of aromatic carboxylic acids is 1. The molecule has 0 amide bonds. The molecule has 0 saturated heterocycles. The van der Waals surface area contributed by atoms with Crippen LogP contribution in [0.3, 0.4) is 0 Å². The summed E-state index contributed by atoms with van der Waals surface area (Å²) in [5.41, 5.74) is 0.702. The molecule has 0 aliphatic heterocycles. The van der Waals surface area contributed by atoms with Gasteiger partial charge in [-0.3, -0.25) is 0 Å². The minimum absolute atomic E-state index is 0.0181. The van der Waals surface area contributed by atoms with Crippen LogP contribution in [0.2, 0.25) is 0 Å². The summed E-state index contributed by atoms with van der Waals surface area (Å²) in [4.78, 5) is 14.8. The maximum absolute atomic E-state index is 10.9. The highest BCUT2D eigenvalue weighted by atomic mass is 16.5. The van der Waals surface area contributed by atoms with Crippen LogP contribution in [0.5, 0.6) is 11.5 Å². The number of nitrogens with one attached hydrogen (secondary N) is 1. The first-order valence-corrected chi connectivity index (χ1v) is 5.83. The Morgan fingerprint density at radius 3 is 2.55 bits per heavy atom. The number of nitrogens with zero attached hydrogens (tertiary/aromatic N) is 1. The van der Waals surface area contributed by atoms with Crippen LogP contribution in [0.25, 0.3) is 0 Å². The lowest BCUT2D eigenvalue weighted by molar-refractivity contribution is 0.0690. The molecule has 0 radical (unpaired) electrons. The second-order valence-corrected chi connectivity index (χ2v) is 3.91. The molecular weight excluding hydrogens is 260 g/mol. The van der Waals surface area contributed by atoms with Crippen LogP contribution >= 0.6 is 0 Å². The molecule has 2 rings (SSSR count). The average Bonchev–Trinajstić information content (AvgIpc) is 2.47. The van der Waals surface area contributed by atoms with Crippen molar-refractivity contribution in [1.82, 2.24) is 4.98 Å². The van der Waals surface area contributed by atoms with Crippen molar-refractivity contribution in [1.29, 1.82) is 0 Å². The number of ether oxygens (including phenoxy) is 2. The van der Waals surface area contributed by atoms with Gasteiger partial charge in [-0.15, -0.1) is 0 Å². The van der Waals surface area contributed by atoms with E-state index in [1.807, 2.05) is 0 Å². The molecule has 0 aliphatic carbocycles. The van der Waals surface area contributed by atoms with E-state index in [4.69, 9.17) is 14.6 Å². The van der Waals surface area contributed by atoms with Gasteiger partial charge in [-0.25, -0.2) is 9.78 Å². The van der Waals surface area contributed by atoms with E-state index < -0.39 is 5.97 Å². The van der Waals surface area contributed by atoms with Gasteiger partial charge >= 0.3 is 5.97 Å². The molecule has 0 bridgehead atoms. The summed E-state index contributed by atoms with van der Waals surface area (Å²) in [6.45, 7) is 0. The average molecular weight is 274 g/mol. The molecule has 104 valence electrons. The fraction of sp³-hybridized carbons (Fsp3) is 0.143. The SMILES string of the molecule is COc1ccc(Nc2cccc(C(=O)O)n2)cc1OC. The first kappa shape index (κ1) is 13.7. The number of carboxylic acid groups (broad SMARTS) is 1. The topological polar surface area (TPSA) is 80.7 Å². The van der Waals surface area contributed by atoms with E-state index in [0.717, 1.165) is 5.69 Å². The van der Waals surface area contributed by atoms with Crippen molar-refractivity contribution >= 4 is 17.5 Å². The minimum atomic E-state index is -1.07. The van der Waals surface area contributed by atoms with Crippen LogP contribution < -0.4 is 14.8 Å². The van der Waals surface area contributed by atoms with Crippen molar-refractivity contribution in [3.05, 3.63) is 42.1 Å². The van der Waals surface area contributed by atoms with Crippen LogP contribution in [-0.4, -0.2) is 30.3 Å². The van der Waals surface area contributed by atoms with Gasteiger partial charge in [0.1, 0.15) is 5.82 Å². The Bertz CT molecular complexity index is 628. The predicted molar refractivity (Wildman–Crippen MR) is 74.0 cm³/mol. The second kappa shape index (κ2) is 5.92. The van der Waals surface area contributed by atoms with Crippen LogP contribution in [0.15, 0.2) is 36.4 Å². The standard InChI is InChI=1S/C14H14N2O4/c1-19-11-7-6-9(8-12(11)20-2)15-13-5-3-4-10(16-13)14(17)18/h3-8H,1-2H3,(H,15,16)(H,17,18). The highest BCUT2D eigenvalue weighted by molar-refractivity contribution is 5.85. The molecule has 6 heteroatoms. The third kappa shape index (κ3) is 2.97. The van der Waals surface area contributed by atoms with E-state index in [9.17, 15) is 4.79 Å². The van der Waals surface area contributed by atoms with E-state index in [0.29, 0.717) is 17.3 Å². The number of benzene rings is 1. The number of aromatic nitrogens is 1.